The molecule has 0 saturated carbocycles. The van der Waals surface area contributed by atoms with Crippen LogP contribution in [0.25, 0.3) is 0 Å². The summed E-state index contributed by atoms with van der Waals surface area (Å²) in [5.74, 6) is -1.11. The van der Waals surface area contributed by atoms with Crippen LogP contribution in [0.15, 0.2) is 30.3 Å². The number of nitrogens with two attached hydrogens (primary N) is 1. The molecule has 2 atom stereocenters. The van der Waals surface area contributed by atoms with Crippen molar-refractivity contribution in [3.8, 4) is 0 Å². The van der Waals surface area contributed by atoms with Crippen molar-refractivity contribution in [1.82, 2.24) is 0 Å². The summed E-state index contributed by atoms with van der Waals surface area (Å²) >= 11 is 0. The van der Waals surface area contributed by atoms with Crippen molar-refractivity contribution < 1.29 is 14.6 Å². The Morgan fingerprint density at radius 3 is 2.56 bits per heavy atom. The molecule has 0 heterocycles. The molecule has 1 aromatic rings. The van der Waals surface area contributed by atoms with Gasteiger partial charge in [-0.15, -0.1) is 0 Å². The van der Waals surface area contributed by atoms with E-state index in [0.717, 1.165) is 5.56 Å². The van der Waals surface area contributed by atoms with Crippen molar-refractivity contribution in [2.45, 2.75) is 19.6 Å². The Morgan fingerprint density at radius 1 is 1.44 bits per heavy atom. The van der Waals surface area contributed by atoms with Gasteiger partial charge in [-0.25, -0.2) is 0 Å². The number of esters is 1. The average molecular weight is 223 g/mol. The Bertz CT molecular complexity index is 324. The second-order valence-electron chi connectivity index (χ2n) is 3.68. The minimum atomic E-state index is -0.784. The largest absolute Gasteiger partial charge is 0.460 e. The van der Waals surface area contributed by atoms with E-state index in [1.54, 1.807) is 0 Å². The number of hydrogen-bond donors (Lipinski definition) is 2. The van der Waals surface area contributed by atoms with Crippen LogP contribution < -0.4 is 5.73 Å². The first-order valence-corrected chi connectivity index (χ1v) is 5.24. The van der Waals surface area contributed by atoms with E-state index < -0.39 is 18.0 Å². The Labute approximate surface area is 95.0 Å². The summed E-state index contributed by atoms with van der Waals surface area (Å²) in [6.07, 6.45) is -0.784. The second kappa shape index (κ2) is 6.25. The molecule has 0 spiro atoms. The maximum absolute atomic E-state index is 11.5. The summed E-state index contributed by atoms with van der Waals surface area (Å²) in [5, 5.41) is 9.30. The molecule has 0 fully saturated rings. The third-order valence-corrected chi connectivity index (χ3v) is 2.36. The van der Waals surface area contributed by atoms with Gasteiger partial charge in [0.25, 0.3) is 0 Å². The lowest BCUT2D eigenvalue weighted by Crippen LogP contribution is -2.34. The number of hydrogen-bond acceptors (Lipinski definition) is 4. The quantitative estimate of drug-likeness (QED) is 0.720. The molecule has 3 N–H and O–H groups in total. The molecule has 0 amide bonds. The highest BCUT2D eigenvalue weighted by molar-refractivity contribution is 5.73. The van der Waals surface area contributed by atoms with Gasteiger partial charge >= 0.3 is 5.97 Å². The Hall–Kier alpha value is -1.39. The third-order valence-electron chi connectivity index (χ3n) is 2.36. The van der Waals surface area contributed by atoms with Crippen molar-refractivity contribution >= 4 is 5.97 Å². The highest BCUT2D eigenvalue weighted by Gasteiger charge is 2.23. The van der Waals surface area contributed by atoms with Gasteiger partial charge in [0.05, 0.1) is 12.0 Å². The molecule has 0 aromatic heterocycles. The van der Waals surface area contributed by atoms with E-state index in [1.807, 2.05) is 30.3 Å². The Morgan fingerprint density at radius 2 is 2.06 bits per heavy atom. The van der Waals surface area contributed by atoms with E-state index in [-0.39, 0.29) is 13.2 Å². The van der Waals surface area contributed by atoms with Crippen molar-refractivity contribution in [3.05, 3.63) is 35.9 Å². The summed E-state index contributed by atoms with van der Waals surface area (Å²) in [6.45, 7) is 1.83. The first-order valence-electron chi connectivity index (χ1n) is 5.24. The van der Waals surface area contributed by atoms with Crippen molar-refractivity contribution in [1.29, 1.82) is 0 Å². The van der Waals surface area contributed by atoms with Gasteiger partial charge in [-0.1, -0.05) is 30.3 Å². The van der Waals surface area contributed by atoms with Crippen LogP contribution in [0, 0.1) is 5.92 Å². The Kier molecular flexibility index (Phi) is 4.95. The van der Waals surface area contributed by atoms with E-state index in [0.29, 0.717) is 0 Å². The summed E-state index contributed by atoms with van der Waals surface area (Å²) in [7, 11) is 0. The highest BCUT2D eigenvalue weighted by atomic mass is 16.5. The molecule has 16 heavy (non-hydrogen) atoms. The van der Waals surface area contributed by atoms with E-state index >= 15 is 0 Å². The van der Waals surface area contributed by atoms with Crippen LogP contribution in [0.5, 0.6) is 0 Å². The standard InChI is InChI=1S/C12H17NO3/c1-9(14)11(7-13)12(15)16-8-10-5-3-2-4-6-10/h2-6,9,11,14H,7-8,13H2,1H3/t9-,11+/m1/s1. The first kappa shape index (κ1) is 12.7. The summed E-state index contributed by atoms with van der Waals surface area (Å²) < 4.78 is 5.06. The molecule has 88 valence electrons. The van der Waals surface area contributed by atoms with Crippen molar-refractivity contribution in [2.24, 2.45) is 11.7 Å². The average Bonchev–Trinajstić information content (AvgIpc) is 2.28. The van der Waals surface area contributed by atoms with Crippen LogP contribution in [0.1, 0.15) is 12.5 Å². The molecule has 4 heteroatoms. The smallest absolute Gasteiger partial charge is 0.313 e. The van der Waals surface area contributed by atoms with Crippen LogP contribution in [0.4, 0.5) is 0 Å². The molecule has 0 saturated heterocycles. The SMILES string of the molecule is C[C@@H](O)[C@H](CN)C(=O)OCc1ccccc1. The molecule has 0 radical (unpaired) electrons. The van der Waals surface area contributed by atoms with Crippen LogP contribution in [0.3, 0.4) is 0 Å². The lowest BCUT2D eigenvalue weighted by Gasteiger charge is -2.16. The predicted octanol–water partition coefficient (Wildman–Crippen LogP) is 0.685. The lowest BCUT2D eigenvalue weighted by molar-refractivity contribution is -0.153. The maximum atomic E-state index is 11.5. The van der Waals surface area contributed by atoms with E-state index in [9.17, 15) is 9.90 Å². The molecule has 1 aromatic carbocycles. The van der Waals surface area contributed by atoms with Crippen molar-refractivity contribution in [2.75, 3.05) is 6.54 Å². The number of rotatable bonds is 5. The monoisotopic (exact) mass is 223 g/mol. The zero-order valence-corrected chi connectivity index (χ0v) is 9.30. The fraction of sp³-hybridized carbons (Fsp3) is 0.417. The van der Waals surface area contributed by atoms with Crippen LogP contribution in [0.2, 0.25) is 0 Å². The van der Waals surface area contributed by atoms with Gasteiger partial charge in [-0.2, -0.15) is 0 Å². The minimum Gasteiger partial charge on any atom is -0.460 e. The minimum absolute atomic E-state index is 0.0886. The first-order chi connectivity index (χ1) is 7.65. The van der Waals surface area contributed by atoms with E-state index in [4.69, 9.17) is 10.5 Å². The molecule has 0 unspecified atom stereocenters. The number of benzene rings is 1. The molecule has 0 aliphatic carbocycles. The van der Waals surface area contributed by atoms with Gasteiger partial charge in [-0.05, 0) is 12.5 Å². The molecule has 1 rings (SSSR count). The van der Waals surface area contributed by atoms with E-state index in [1.165, 1.54) is 6.92 Å². The van der Waals surface area contributed by atoms with Gasteiger partial charge in [-0.3, -0.25) is 4.79 Å². The number of ether oxygens (including phenoxy) is 1. The molecule has 4 nitrogen and oxygen atoms in total. The highest BCUT2D eigenvalue weighted by Crippen LogP contribution is 2.07. The molecular formula is C12H17NO3. The fourth-order valence-electron chi connectivity index (χ4n) is 1.33. The zero-order valence-electron chi connectivity index (χ0n) is 9.30. The van der Waals surface area contributed by atoms with Crippen LogP contribution in [-0.4, -0.2) is 23.7 Å². The summed E-state index contributed by atoms with van der Waals surface area (Å²) in [6, 6.07) is 9.38. The summed E-state index contributed by atoms with van der Waals surface area (Å²) in [5.41, 5.74) is 6.30. The molecular weight excluding hydrogens is 206 g/mol. The molecule has 0 aliphatic rings. The second-order valence-corrected chi connectivity index (χ2v) is 3.68. The van der Waals surface area contributed by atoms with Gasteiger partial charge in [0.1, 0.15) is 6.61 Å². The van der Waals surface area contributed by atoms with Gasteiger partial charge < -0.3 is 15.6 Å². The van der Waals surface area contributed by atoms with Crippen LogP contribution >= 0.6 is 0 Å². The molecule has 0 aliphatic heterocycles. The topological polar surface area (TPSA) is 72.5 Å². The van der Waals surface area contributed by atoms with Crippen molar-refractivity contribution in [3.63, 3.8) is 0 Å². The third kappa shape index (κ3) is 3.64. The molecule has 0 bridgehead atoms. The number of aliphatic hydroxyl groups excluding tert-OH is 1. The zero-order chi connectivity index (χ0) is 12.0. The van der Waals surface area contributed by atoms with Gasteiger partial charge in [0.15, 0.2) is 0 Å². The predicted molar refractivity (Wildman–Crippen MR) is 60.5 cm³/mol. The Balaban J connectivity index is 2.46. The number of carbonyl (C=O) groups excluding carboxylic acids is 1. The maximum Gasteiger partial charge on any atom is 0.313 e. The summed E-state index contributed by atoms with van der Waals surface area (Å²) in [4.78, 5) is 11.5. The van der Waals surface area contributed by atoms with Gasteiger partial charge in [0, 0.05) is 6.54 Å². The number of carbonyl (C=O) groups is 1. The normalized spacial score (nSPS) is 14.2. The van der Waals surface area contributed by atoms with Gasteiger partial charge in [0.2, 0.25) is 0 Å². The van der Waals surface area contributed by atoms with E-state index in [2.05, 4.69) is 0 Å². The lowest BCUT2D eigenvalue weighted by atomic mass is 10.1. The van der Waals surface area contributed by atoms with Crippen LogP contribution in [-0.2, 0) is 16.1 Å². The fourth-order valence-corrected chi connectivity index (χ4v) is 1.33. The number of aliphatic hydroxyl groups is 1.